The molecule has 4 unspecified atom stereocenters. The molecule has 1 heterocycles. The van der Waals surface area contributed by atoms with Gasteiger partial charge in [0.25, 0.3) is 0 Å². The zero-order valence-electron chi connectivity index (χ0n) is 17.1. The number of aliphatic carboxylic acids is 1. The molecule has 1 aliphatic heterocycles. The first kappa shape index (κ1) is 21.1. The molecule has 2 aromatic rings. The quantitative estimate of drug-likeness (QED) is 0.579. The van der Waals surface area contributed by atoms with Gasteiger partial charge in [-0.1, -0.05) is 61.0 Å². The van der Waals surface area contributed by atoms with Crippen LogP contribution in [0.3, 0.4) is 0 Å². The molecular formula is C24H27N2O2P. The lowest BCUT2D eigenvalue weighted by Crippen LogP contribution is -2.35. The molecule has 4 atom stereocenters. The molecule has 5 heteroatoms. The Morgan fingerprint density at radius 3 is 2.48 bits per heavy atom. The third-order valence-electron chi connectivity index (χ3n) is 5.53. The smallest absolute Gasteiger partial charge is 0.305 e. The van der Waals surface area contributed by atoms with E-state index in [1.165, 1.54) is 0 Å². The van der Waals surface area contributed by atoms with Crippen LogP contribution in [-0.4, -0.2) is 28.5 Å². The maximum atomic E-state index is 11.5. The summed E-state index contributed by atoms with van der Waals surface area (Å²) in [5.74, 6) is -1.21. The lowest BCUT2D eigenvalue weighted by atomic mass is 9.74. The zero-order chi connectivity index (χ0) is 21.3. The van der Waals surface area contributed by atoms with Gasteiger partial charge in [0.1, 0.15) is 0 Å². The maximum Gasteiger partial charge on any atom is 0.305 e. The fourth-order valence-electron chi connectivity index (χ4n) is 4.05. The normalized spacial score (nSPS) is 21.6. The van der Waals surface area contributed by atoms with Gasteiger partial charge in [-0.15, -0.1) is 9.24 Å². The summed E-state index contributed by atoms with van der Waals surface area (Å²) in [6.45, 7) is 10.2. The van der Waals surface area contributed by atoms with Crippen LogP contribution in [0.4, 0.5) is 0 Å². The number of nitrogens with zero attached hydrogens (tertiary/aromatic N) is 1. The second kappa shape index (κ2) is 8.42. The fraction of sp³-hybridized carbons (Fsp3) is 0.292. The van der Waals surface area contributed by atoms with E-state index in [0.29, 0.717) is 5.71 Å². The second-order valence-electron chi connectivity index (χ2n) is 7.87. The zero-order valence-corrected chi connectivity index (χ0v) is 18.2. The molecule has 29 heavy (non-hydrogen) atoms. The molecule has 4 nitrogen and oxygen atoms in total. The highest BCUT2D eigenvalue weighted by atomic mass is 31.0. The number of fused-ring (bicyclic) bond motifs is 1. The van der Waals surface area contributed by atoms with Crippen molar-refractivity contribution in [1.82, 2.24) is 0 Å². The Morgan fingerprint density at radius 2 is 1.90 bits per heavy atom. The van der Waals surface area contributed by atoms with Crippen molar-refractivity contribution in [3.05, 3.63) is 76.9 Å². The highest BCUT2D eigenvalue weighted by Gasteiger charge is 2.34. The fourth-order valence-corrected chi connectivity index (χ4v) is 4.32. The predicted octanol–water partition coefficient (Wildman–Crippen LogP) is 4.51. The van der Waals surface area contributed by atoms with Crippen LogP contribution in [0.1, 0.15) is 48.4 Å². The number of aryl methyl sites for hydroxylation is 1. The highest BCUT2D eigenvalue weighted by Crippen LogP contribution is 2.37. The molecule has 0 amide bonds. The average Bonchev–Trinajstić information content (AvgIpc) is 2.65. The van der Waals surface area contributed by atoms with E-state index in [2.05, 4.69) is 28.0 Å². The first-order chi connectivity index (χ1) is 13.7. The van der Waals surface area contributed by atoms with Crippen molar-refractivity contribution in [1.29, 1.82) is 5.41 Å². The minimum Gasteiger partial charge on any atom is -0.481 e. The molecule has 0 fully saturated rings. The summed E-state index contributed by atoms with van der Waals surface area (Å²) in [5, 5.41) is 19.2. The van der Waals surface area contributed by atoms with Crippen molar-refractivity contribution in [3.63, 3.8) is 0 Å². The summed E-state index contributed by atoms with van der Waals surface area (Å²) in [7, 11) is 2.72. The SMILES string of the molecule is C=C(C)C1c2ccc(P)cc2C(c2ccc(C)cc2)=NC(CC(=O)O)C(=N)C1C. The van der Waals surface area contributed by atoms with E-state index in [4.69, 9.17) is 10.4 Å². The summed E-state index contributed by atoms with van der Waals surface area (Å²) in [6, 6.07) is 13.6. The van der Waals surface area contributed by atoms with Crippen molar-refractivity contribution < 1.29 is 9.90 Å². The number of hydrogen-bond acceptors (Lipinski definition) is 3. The van der Waals surface area contributed by atoms with Gasteiger partial charge in [-0.25, -0.2) is 0 Å². The number of carboxylic acids is 1. The van der Waals surface area contributed by atoms with E-state index in [1.807, 2.05) is 51.1 Å². The predicted molar refractivity (Wildman–Crippen MR) is 123 cm³/mol. The van der Waals surface area contributed by atoms with Crippen molar-refractivity contribution in [2.45, 2.75) is 39.2 Å². The molecule has 150 valence electrons. The van der Waals surface area contributed by atoms with Crippen LogP contribution in [0.5, 0.6) is 0 Å². The first-order valence-electron chi connectivity index (χ1n) is 9.69. The molecule has 0 aliphatic carbocycles. The van der Waals surface area contributed by atoms with E-state index in [1.54, 1.807) is 0 Å². The molecule has 0 spiro atoms. The molecule has 0 aromatic heterocycles. The van der Waals surface area contributed by atoms with E-state index in [0.717, 1.165) is 38.8 Å². The molecule has 2 aromatic carbocycles. The van der Waals surface area contributed by atoms with Gasteiger partial charge in [0.05, 0.1) is 18.2 Å². The largest absolute Gasteiger partial charge is 0.481 e. The van der Waals surface area contributed by atoms with Crippen molar-refractivity contribution in [3.8, 4) is 0 Å². The van der Waals surface area contributed by atoms with Crippen LogP contribution in [0, 0.1) is 18.3 Å². The van der Waals surface area contributed by atoms with Gasteiger partial charge >= 0.3 is 5.97 Å². The van der Waals surface area contributed by atoms with Crippen LogP contribution >= 0.6 is 9.24 Å². The maximum absolute atomic E-state index is 11.5. The lowest BCUT2D eigenvalue weighted by Gasteiger charge is -2.33. The van der Waals surface area contributed by atoms with Gasteiger partial charge in [0, 0.05) is 28.7 Å². The Kier molecular flexibility index (Phi) is 6.14. The van der Waals surface area contributed by atoms with Crippen LogP contribution in [-0.2, 0) is 4.79 Å². The molecule has 0 radical (unpaired) electrons. The molecule has 0 bridgehead atoms. The Bertz CT molecular complexity index is 1010. The Labute approximate surface area is 174 Å². The number of rotatable bonds is 4. The number of benzene rings is 2. The van der Waals surface area contributed by atoms with Crippen molar-refractivity contribution in [2.75, 3.05) is 0 Å². The summed E-state index contributed by atoms with van der Waals surface area (Å²) in [5.41, 5.74) is 6.15. The van der Waals surface area contributed by atoms with Crippen LogP contribution in [0.2, 0.25) is 0 Å². The third-order valence-corrected chi connectivity index (χ3v) is 5.89. The Hall–Kier alpha value is -2.58. The summed E-state index contributed by atoms with van der Waals surface area (Å²) in [4.78, 5) is 16.4. The van der Waals surface area contributed by atoms with E-state index in [9.17, 15) is 9.90 Å². The lowest BCUT2D eigenvalue weighted by molar-refractivity contribution is -0.137. The van der Waals surface area contributed by atoms with Gasteiger partial charge in [0.15, 0.2) is 0 Å². The molecule has 3 rings (SSSR count). The minimum absolute atomic E-state index is 0.0738. The third kappa shape index (κ3) is 4.38. The topological polar surface area (TPSA) is 73.5 Å². The van der Waals surface area contributed by atoms with E-state index in [-0.39, 0.29) is 18.3 Å². The standard InChI is InChI=1S/C24H27N2O2P/c1-13(2)22-15(4)23(25)20(12-21(27)28)26-24(16-7-5-14(3)6-8-16)19-11-17(29)9-10-18(19)22/h5-11,15,20,22,25H,1,12,29H2,2-4H3,(H,27,28). The molecule has 0 saturated heterocycles. The van der Waals surface area contributed by atoms with Gasteiger partial charge in [-0.3, -0.25) is 9.79 Å². The monoisotopic (exact) mass is 406 g/mol. The second-order valence-corrected chi connectivity index (χ2v) is 8.54. The van der Waals surface area contributed by atoms with E-state index >= 15 is 0 Å². The molecular weight excluding hydrogens is 379 g/mol. The molecule has 0 saturated carbocycles. The summed E-state index contributed by atoms with van der Waals surface area (Å²) < 4.78 is 0. The molecule has 2 N–H and O–H groups in total. The van der Waals surface area contributed by atoms with E-state index < -0.39 is 12.0 Å². The molecule has 1 aliphatic rings. The van der Waals surface area contributed by atoms with Gasteiger partial charge in [-0.05, 0) is 30.8 Å². The van der Waals surface area contributed by atoms with Gasteiger partial charge < -0.3 is 10.5 Å². The minimum atomic E-state index is -0.952. The van der Waals surface area contributed by atoms with Crippen LogP contribution in [0.15, 0.2) is 59.6 Å². The van der Waals surface area contributed by atoms with Crippen LogP contribution < -0.4 is 5.30 Å². The van der Waals surface area contributed by atoms with Gasteiger partial charge in [-0.2, -0.15) is 0 Å². The number of carboxylic acid groups (broad SMARTS) is 1. The highest BCUT2D eigenvalue weighted by molar-refractivity contribution is 7.27. The number of aliphatic imine (C=N–C) groups is 1. The Balaban J connectivity index is 2.34. The first-order valence-corrected chi connectivity index (χ1v) is 10.3. The number of nitrogens with one attached hydrogen (secondary N) is 1. The van der Waals surface area contributed by atoms with Crippen LogP contribution in [0.25, 0.3) is 0 Å². The Morgan fingerprint density at radius 1 is 1.24 bits per heavy atom. The summed E-state index contributed by atoms with van der Waals surface area (Å²) >= 11 is 0. The summed E-state index contributed by atoms with van der Waals surface area (Å²) in [6.07, 6.45) is -0.197. The van der Waals surface area contributed by atoms with Gasteiger partial charge in [0.2, 0.25) is 0 Å². The number of allylic oxidation sites excluding steroid dienone is 1. The van der Waals surface area contributed by atoms with Crippen molar-refractivity contribution >= 4 is 31.9 Å². The number of hydrogen-bond donors (Lipinski definition) is 2. The number of carbonyl (C=O) groups is 1. The average molecular weight is 406 g/mol. The van der Waals surface area contributed by atoms with Crippen molar-refractivity contribution in [2.24, 2.45) is 10.9 Å².